The van der Waals surface area contributed by atoms with Crippen molar-refractivity contribution in [3.8, 4) is 5.88 Å². The van der Waals surface area contributed by atoms with Gasteiger partial charge in [-0.1, -0.05) is 27.7 Å². The van der Waals surface area contributed by atoms with E-state index >= 15 is 0 Å². The molecule has 0 spiro atoms. The molecule has 0 bridgehead atoms. The minimum Gasteiger partial charge on any atom is -0.475 e. The lowest BCUT2D eigenvalue weighted by atomic mass is 10.1. The lowest BCUT2D eigenvalue weighted by molar-refractivity contribution is 0.185. The quantitative estimate of drug-likeness (QED) is 0.815. The molecular formula is C16H28N2O. The van der Waals surface area contributed by atoms with Crippen LogP contribution in [-0.4, -0.2) is 17.1 Å². The average molecular weight is 264 g/mol. The van der Waals surface area contributed by atoms with Crippen LogP contribution in [0.4, 0.5) is 0 Å². The molecule has 0 aliphatic rings. The number of hydrogen-bond acceptors (Lipinski definition) is 3. The first kappa shape index (κ1) is 16.0. The molecule has 0 amide bonds. The van der Waals surface area contributed by atoms with Gasteiger partial charge in [-0.05, 0) is 37.8 Å². The molecule has 0 fully saturated rings. The number of ether oxygens (including phenoxy) is 1. The number of nitrogens with zero attached hydrogens (tertiary/aromatic N) is 1. The highest BCUT2D eigenvalue weighted by Gasteiger charge is 2.09. The molecule has 3 nitrogen and oxygen atoms in total. The van der Waals surface area contributed by atoms with Crippen LogP contribution in [-0.2, 0) is 6.54 Å². The molecule has 1 heterocycles. The highest BCUT2D eigenvalue weighted by atomic mass is 16.5. The van der Waals surface area contributed by atoms with Gasteiger partial charge in [0.15, 0.2) is 0 Å². The van der Waals surface area contributed by atoms with Gasteiger partial charge in [0.05, 0.1) is 6.10 Å². The molecule has 0 aliphatic carbocycles. The van der Waals surface area contributed by atoms with E-state index in [-0.39, 0.29) is 6.10 Å². The molecule has 0 aromatic carbocycles. The molecule has 19 heavy (non-hydrogen) atoms. The van der Waals surface area contributed by atoms with E-state index in [1.807, 2.05) is 13.0 Å². The smallest absolute Gasteiger partial charge is 0.214 e. The number of aryl methyl sites for hydroxylation is 1. The topological polar surface area (TPSA) is 34.1 Å². The molecule has 1 aromatic rings. The average Bonchev–Trinajstić information content (AvgIpc) is 2.24. The van der Waals surface area contributed by atoms with Crippen LogP contribution < -0.4 is 10.1 Å². The Labute approximate surface area is 117 Å². The highest BCUT2D eigenvalue weighted by Crippen LogP contribution is 2.16. The fourth-order valence-electron chi connectivity index (χ4n) is 2.11. The zero-order valence-electron chi connectivity index (χ0n) is 13.2. The maximum Gasteiger partial charge on any atom is 0.214 e. The van der Waals surface area contributed by atoms with E-state index in [2.05, 4.69) is 51.0 Å². The Hall–Kier alpha value is -1.09. The maximum atomic E-state index is 5.91. The molecule has 3 heteroatoms. The van der Waals surface area contributed by atoms with Crippen molar-refractivity contribution >= 4 is 0 Å². The summed E-state index contributed by atoms with van der Waals surface area (Å²) >= 11 is 0. The Morgan fingerprint density at radius 3 is 2.42 bits per heavy atom. The minimum absolute atomic E-state index is 0.209. The standard InChI is InChI=1S/C16H28N2O/c1-11(2)7-14(6)19-16-9-15(8-13(5)18-16)10-17-12(3)4/h8-9,11-12,14,17H,7,10H2,1-6H3. The fraction of sp³-hybridized carbons (Fsp3) is 0.688. The predicted molar refractivity (Wildman–Crippen MR) is 80.5 cm³/mol. The molecular weight excluding hydrogens is 236 g/mol. The fourth-order valence-corrected chi connectivity index (χ4v) is 2.11. The Morgan fingerprint density at radius 1 is 1.16 bits per heavy atom. The van der Waals surface area contributed by atoms with Crippen molar-refractivity contribution in [2.24, 2.45) is 5.92 Å². The van der Waals surface area contributed by atoms with E-state index in [1.165, 1.54) is 5.56 Å². The van der Waals surface area contributed by atoms with Gasteiger partial charge in [-0.15, -0.1) is 0 Å². The summed E-state index contributed by atoms with van der Waals surface area (Å²) in [4.78, 5) is 4.46. The van der Waals surface area contributed by atoms with Crippen molar-refractivity contribution in [1.29, 1.82) is 0 Å². The summed E-state index contributed by atoms with van der Waals surface area (Å²) in [5.74, 6) is 1.38. The summed E-state index contributed by atoms with van der Waals surface area (Å²) < 4.78 is 5.91. The first-order valence-electron chi connectivity index (χ1n) is 7.24. The Morgan fingerprint density at radius 2 is 1.84 bits per heavy atom. The van der Waals surface area contributed by atoms with Gasteiger partial charge in [-0.25, -0.2) is 4.98 Å². The van der Waals surface area contributed by atoms with Crippen molar-refractivity contribution < 1.29 is 4.74 Å². The van der Waals surface area contributed by atoms with Gasteiger partial charge >= 0.3 is 0 Å². The van der Waals surface area contributed by atoms with Crippen molar-refractivity contribution in [2.45, 2.75) is 66.7 Å². The molecule has 1 aromatic heterocycles. The van der Waals surface area contributed by atoms with E-state index in [0.717, 1.165) is 24.5 Å². The van der Waals surface area contributed by atoms with E-state index in [9.17, 15) is 0 Å². The Kier molecular flexibility index (Phi) is 6.29. The SMILES string of the molecule is Cc1cc(CNC(C)C)cc(OC(C)CC(C)C)n1. The van der Waals surface area contributed by atoms with Crippen LogP contribution >= 0.6 is 0 Å². The first-order valence-corrected chi connectivity index (χ1v) is 7.24. The van der Waals surface area contributed by atoms with Gasteiger partial charge in [0.25, 0.3) is 0 Å². The van der Waals surface area contributed by atoms with Gasteiger partial charge in [-0.2, -0.15) is 0 Å². The number of hydrogen-bond donors (Lipinski definition) is 1. The van der Waals surface area contributed by atoms with Gasteiger partial charge in [0, 0.05) is 24.3 Å². The second-order valence-electron chi connectivity index (χ2n) is 6.05. The van der Waals surface area contributed by atoms with E-state index in [1.54, 1.807) is 0 Å². The second-order valence-corrected chi connectivity index (χ2v) is 6.05. The van der Waals surface area contributed by atoms with Gasteiger partial charge < -0.3 is 10.1 Å². The summed E-state index contributed by atoms with van der Waals surface area (Å²) in [5, 5.41) is 3.42. The lowest BCUT2D eigenvalue weighted by Crippen LogP contribution is -2.22. The van der Waals surface area contributed by atoms with Crippen LogP contribution in [0.2, 0.25) is 0 Å². The van der Waals surface area contributed by atoms with Gasteiger partial charge in [0.2, 0.25) is 5.88 Å². The van der Waals surface area contributed by atoms with Crippen molar-refractivity contribution in [2.75, 3.05) is 0 Å². The molecule has 1 unspecified atom stereocenters. The predicted octanol–water partition coefficient (Wildman–Crippen LogP) is 3.70. The zero-order chi connectivity index (χ0) is 14.4. The van der Waals surface area contributed by atoms with Crippen LogP contribution in [0.1, 0.15) is 52.3 Å². The van der Waals surface area contributed by atoms with Crippen LogP contribution in [0.5, 0.6) is 5.88 Å². The minimum atomic E-state index is 0.209. The van der Waals surface area contributed by atoms with Crippen LogP contribution in [0.15, 0.2) is 12.1 Å². The number of nitrogens with one attached hydrogen (secondary N) is 1. The molecule has 0 saturated carbocycles. The Bertz CT molecular complexity index is 388. The molecule has 1 N–H and O–H groups in total. The largest absolute Gasteiger partial charge is 0.475 e. The summed E-state index contributed by atoms with van der Waals surface area (Å²) in [7, 11) is 0. The van der Waals surface area contributed by atoms with Crippen molar-refractivity contribution in [3.05, 3.63) is 23.4 Å². The summed E-state index contributed by atoms with van der Waals surface area (Å²) in [6, 6.07) is 4.63. The second kappa shape index (κ2) is 7.49. The van der Waals surface area contributed by atoms with Gasteiger partial charge in [0.1, 0.15) is 0 Å². The third-order valence-electron chi connectivity index (χ3n) is 2.83. The third kappa shape index (κ3) is 6.58. The Balaban J connectivity index is 2.67. The molecule has 0 saturated heterocycles. The van der Waals surface area contributed by atoms with E-state index in [0.29, 0.717) is 12.0 Å². The molecule has 0 radical (unpaired) electrons. The van der Waals surface area contributed by atoms with Crippen LogP contribution in [0.3, 0.4) is 0 Å². The molecule has 1 rings (SSSR count). The number of pyridine rings is 1. The molecule has 1 atom stereocenters. The van der Waals surface area contributed by atoms with Crippen LogP contribution in [0.25, 0.3) is 0 Å². The zero-order valence-corrected chi connectivity index (χ0v) is 13.2. The molecule has 108 valence electrons. The van der Waals surface area contributed by atoms with E-state index < -0.39 is 0 Å². The summed E-state index contributed by atoms with van der Waals surface area (Å²) in [6.07, 6.45) is 1.26. The van der Waals surface area contributed by atoms with Crippen LogP contribution in [0, 0.1) is 12.8 Å². The highest BCUT2D eigenvalue weighted by molar-refractivity contribution is 5.24. The van der Waals surface area contributed by atoms with Gasteiger partial charge in [-0.3, -0.25) is 0 Å². The monoisotopic (exact) mass is 264 g/mol. The normalized spacial score (nSPS) is 13.1. The summed E-state index contributed by atoms with van der Waals surface area (Å²) in [5.41, 5.74) is 2.24. The van der Waals surface area contributed by atoms with E-state index in [4.69, 9.17) is 4.74 Å². The maximum absolute atomic E-state index is 5.91. The van der Waals surface area contributed by atoms with Crippen molar-refractivity contribution in [1.82, 2.24) is 10.3 Å². The molecule has 0 aliphatic heterocycles. The number of aromatic nitrogens is 1. The third-order valence-corrected chi connectivity index (χ3v) is 2.83. The lowest BCUT2D eigenvalue weighted by Gasteiger charge is -2.17. The van der Waals surface area contributed by atoms with Crippen molar-refractivity contribution in [3.63, 3.8) is 0 Å². The number of rotatable bonds is 7. The summed E-state index contributed by atoms with van der Waals surface area (Å²) in [6.45, 7) is 13.7. The first-order chi connectivity index (χ1) is 8.86.